The van der Waals surface area contributed by atoms with Gasteiger partial charge < -0.3 is 29.2 Å². The molecule has 41 heavy (non-hydrogen) atoms. The lowest BCUT2D eigenvalue weighted by atomic mass is 10.1. The number of benzene rings is 1. The molecule has 5 rings (SSSR count). The molecule has 2 N–H and O–H groups in total. The Bertz CT molecular complexity index is 1420. The molecule has 12 nitrogen and oxygen atoms in total. The van der Waals surface area contributed by atoms with E-state index in [0.29, 0.717) is 17.5 Å². The quantitative estimate of drug-likeness (QED) is 0.288. The van der Waals surface area contributed by atoms with Crippen LogP contribution in [0.5, 0.6) is 11.6 Å². The number of nitrogens with one attached hydrogen (secondary N) is 1. The summed E-state index contributed by atoms with van der Waals surface area (Å²) < 4.78 is 24.3. The maximum Gasteiger partial charge on any atom is 0.407 e. The van der Waals surface area contributed by atoms with Gasteiger partial charge in [-0.25, -0.2) is 14.5 Å². The number of carbonyl (C=O) groups excluding carboxylic acids is 1. The molecule has 1 aliphatic heterocycles. The number of hydrogen-bond acceptors (Lipinski definition) is 10. The summed E-state index contributed by atoms with van der Waals surface area (Å²) in [5.74, 6) is 1.70. The molecule has 3 aromatic heterocycles. The lowest BCUT2D eigenvalue weighted by Gasteiger charge is -2.24. The Morgan fingerprint density at radius 3 is 2.63 bits per heavy atom. The van der Waals surface area contributed by atoms with E-state index in [4.69, 9.17) is 18.7 Å². The van der Waals surface area contributed by atoms with E-state index in [-0.39, 0.29) is 25.1 Å². The number of pyridine rings is 1. The van der Waals surface area contributed by atoms with Crippen LogP contribution < -0.4 is 10.1 Å². The van der Waals surface area contributed by atoms with E-state index in [0.717, 1.165) is 42.7 Å². The summed E-state index contributed by atoms with van der Waals surface area (Å²) in [4.78, 5) is 20.9. The highest BCUT2D eigenvalue weighted by Gasteiger charge is 2.22. The highest BCUT2D eigenvalue weighted by molar-refractivity contribution is 5.68. The van der Waals surface area contributed by atoms with Crippen LogP contribution in [0.25, 0.3) is 22.6 Å². The van der Waals surface area contributed by atoms with Gasteiger partial charge in [-0.3, -0.25) is 0 Å². The molecule has 216 valence electrons. The van der Waals surface area contributed by atoms with Crippen LogP contribution in [-0.2, 0) is 15.9 Å². The summed E-state index contributed by atoms with van der Waals surface area (Å²) in [6, 6.07) is 12.3. The van der Waals surface area contributed by atoms with Crippen molar-refractivity contribution in [2.45, 2.75) is 64.3 Å². The number of amides is 1. The van der Waals surface area contributed by atoms with Gasteiger partial charge in [-0.05, 0) is 76.4 Å². The Kier molecular flexibility index (Phi) is 8.60. The Morgan fingerprint density at radius 1 is 1.15 bits per heavy atom. The number of nitrogens with zero attached hydrogens (tertiary/aromatic N) is 5. The standard InChI is InChI=1S/C29H34N6O6/c1-29(2,3)40-28(37)32-21(18-36)16-25-33-27(34-41-25)19-7-10-22(11-8-19)39-24-12-9-20(17-30-24)23-13-14-31-35(23)26-6-4-5-15-38-26/h7-14,17,21,26,36H,4-6,15-16,18H2,1-3H3,(H,32,37). The van der Waals surface area contributed by atoms with Crippen LogP contribution in [0.1, 0.15) is 52.2 Å². The minimum Gasteiger partial charge on any atom is -0.444 e. The molecular formula is C29H34N6O6. The summed E-state index contributed by atoms with van der Waals surface area (Å²) in [5, 5.41) is 20.7. The van der Waals surface area contributed by atoms with E-state index in [2.05, 4.69) is 25.5 Å². The molecule has 4 aromatic rings. The first-order chi connectivity index (χ1) is 19.8. The average molecular weight is 563 g/mol. The Morgan fingerprint density at radius 2 is 1.95 bits per heavy atom. The van der Waals surface area contributed by atoms with Crippen molar-refractivity contribution in [3.8, 4) is 34.3 Å². The number of aliphatic hydroxyl groups is 1. The van der Waals surface area contributed by atoms with E-state index in [1.165, 1.54) is 0 Å². The van der Waals surface area contributed by atoms with Crippen LogP contribution in [0, 0.1) is 0 Å². The van der Waals surface area contributed by atoms with Crippen molar-refractivity contribution >= 4 is 6.09 Å². The molecule has 2 atom stereocenters. The molecule has 0 aliphatic carbocycles. The lowest BCUT2D eigenvalue weighted by molar-refractivity contribution is -0.0383. The van der Waals surface area contributed by atoms with Gasteiger partial charge in [0.15, 0.2) is 6.23 Å². The molecule has 1 saturated heterocycles. The number of aliphatic hydroxyl groups excluding tert-OH is 1. The number of aromatic nitrogens is 5. The van der Waals surface area contributed by atoms with E-state index in [1.54, 1.807) is 45.3 Å². The second-order valence-corrected chi connectivity index (χ2v) is 10.7. The third kappa shape index (κ3) is 7.47. The Labute approximate surface area is 237 Å². The Hall–Kier alpha value is -4.29. The minimum absolute atomic E-state index is 0.0523. The second-order valence-electron chi connectivity index (χ2n) is 10.7. The predicted molar refractivity (Wildman–Crippen MR) is 148 cm³/mol. The number of rotatable bonds is 9. The molecule has 0 spiro atoms. The fraction of sp³-hybridized carbons (Fsp3) is 0.414. The third-order valence-corrected chi connectivity index (χ3v) is 6.30. The SMILES string of the molecule is CC(C)(C)OC(=O)NC(CO)Cc1nc(-c2ccc(Oc3ccc(-c4ccnn4C4CCCCO4)cn3)cc2)no1. The van der Waals surface area contributed by atoms with Crippen molar-refractivity contribution in [2.24, 2.45) is 0 Å². The van der Waals surface area contributed by atoms with Crippen molar-refractivity contribution < 1.29 is 28.6 Å². The zero-order valence-corrected chi connectivity index (χ0v) is 23.3. The van der Waals surface area contributed by atoms with E-state index < -0.39 is 17.7 Å². The fourth-order valence-corrected chi connectivity index (χ4v) is 4.38. The van der Waals surface area contributed by atoms with Crippen LogP contribution in [0.4, 0.5) is 4.79 Å². The highest BCUT2D eigenvalue weighted by Crippen LogP contribution is 2.29. The molecule has 0 radical (unpaired) electrons. The van der Waals surface area contributed by atoms with Gasteiger partial charge in [0, 0.05) is 42.6 Å². The van der Waals surface area contributed by atoms with E-state index in [1.807, 2.05) is 35.0 Å². The molecule has 4 heterocycles. The predicted octanol–water partition coefficient (Wildman–Crippen LogP) is 4.91. The van der Waals surface area contributed by atoms with Crippen molar-refractivity contribution in [2.75, 3.05) is 13.2 Å². The van der Waals surface area contributed by atoms with Gasteiger partial charge in [-0.15, -0.1) is 0 Å². The van der Waals surface area contributed by atoms with Crippen LogP contribution in [0.15, 0.2) is 59.4 Å². The van der Waals surface area contributed by atoms with Crippen LogP contribution in [-0.4, -0.2) is 61.0 Å². The molecule has 0 saturated carbocycles. The van der Waals surface area contributed by atoms with Crippen LogP contribution in [0.2, 0.25) is 0 Å². The van der Waals surface area contributed by atoms with Gasteiger partial charge >= 0.3 is 6.09 Å². The first kappa shape index (κ1) is 28.2. The Balaban J connectivity index is 1.18. The minimum atomic E-state index is -0.647. The van der Waals surface area contributed by atoms with Gasteiger partial charge in [0.05, 0.1) is 18.3 Å². The van der Waals surface area contributed by atoms with E-state index in [9.17, 15) is 9.90 Å². The molecule has 1 aromatic carbocycles. The monoisotopic (exact) mass is 562 g/mol. The smallest absolute Gasteiger partial charge is 0.407 e. The molecule has 0 bridgehead atoms. The molecule has 1 aliphatic rings. The maximum atomic E-state index is 12.0. The number of hydrogen-bond donors (Lipinski definition) is 2. The average Bonchev–Trinajstić information content (AvgIpc) is 3.63. The lowest BCUT2D eigenvalue weighted by Crippen LogP contribution is -2.42. The molecular weight excluding hydrogens is 528 g/mol. The van der Waals surface area contributed by atoms with Crippen molar-refractivity contribution in [1.82, 2.24) is 30.2 Å². The zero-order chi connectivity index (χ0) is 28.8. The van der Waals surface area contributed by atoms with Gasteiger partial charge in [-0.1, -0.05) is 5.16 Å². The van der Waals surface area contributed by atoms with Gasteiger partial charge in [0.25, 0.3) is 0 Å². The summed E-state index contributed by atoms with van der Waals surface area (Å²) in [7, 11) is 0. The number of ether oxygens (including phenoxy) is 3. The first-order valence-electron chi connectivity index (χ1n) is 13.6. The first-order valence-corrected chi connectivity index (χ1v) is 13.6. The molecule has 12 heteroatoms. The van der Waals surface area contributed by atoms with Gasteiger partial charge in [0.2, 0.25) is 17.6 Å². The fourth-order valence-electron chi connectivity index (χ4n) is 4.38. The molecule has 1 fully saturated rings. The largest absolute Gasteiger partial charge is 0.444 e. The normalized spacial score (nSPS) is 16.2. The third-order valence-electron chi connectivity index (χ3n) is 6.30. The molecule has 2 unspecified atom stereocenters. The summed E-state index contributed by atoms with van der Waals surface area (Å²) in [6.07, 6.45) is 6.16. The van der Waals surface area contributed by atoms with Crippen molar-refractivity contribution in [1.29, 1.82) is 0 Å². The van der Waals surface area contributed by atoms with Gasteiger partial charge in [0.1, 0.15) is 11.4 Å². The highest BCUT2D eigenvalue weighted by atomic mass is 16.6. The number of carbonyl (C=O) groups is 1. The van der Waals surface area contributed by atoms with Gasteiger partial charge in [-0.2, -0.15) is 10.1 Å². The summed E-state index contributed by atoms with van der Waals surface area (Å²) in [6.45, 7) is 5.73. The van der Waals surface area contributed by atoms with Crippen molar-refractivity contribution in [3.05, 3.63) is 60.7 Å². The topological polar surface area (TPSA) is 147 Å². The second kappa shape index (κ2) is 12.5. The van der Waals surface area contributed by atoms with E-state index >= 15 is 0 Å². The van der Waals surface area contributed by atoms with Crippen LogP contribution in [0.3, 0.4) is 0 Å². The summed E-state index contributed by atoms with van der Waals surface area (Å²) >= 11 is 0. The van der Waals surface area contributed by atoms with Crippen molar-refractivity contribution in [3.63, 3.8) is 0 Å². The maximum absolute atomic E-state index is 12.0. The number of alkyl carbamates (subject to hydrolysis) is 1. The molecule has 1 amide bonds. The zero-order valence-electron chi connectivity index (χ0n) is 23.3. The summed E-state index contributed by atoms with van der Waals surface area (Å²) in [5.41, 5.74) is 1.95. The van der Waals surface area contributed by atoms with Crippen LogP contribution >= 0.6 is 0 Å².